The van der Waals surface area contributed by atoms with Gasteiger partial charge in [-0.25, -0.2) is 0 Å². The molecule has 5 nitrogen and oxygen atoms in total. The van der Waals surface area contributed by atoms with Crippen molar-refractivity contribution in [3.8, 4) is 0 Å². The first-order valence-corrected chi connectivity index (χ1v) is 7.42. The van der Waals surface area contributed by atoms with Gasteiger partial charge in [0, 0.05) is 11.6 Å². The lowest BCUT2D eigenvalue weighted by Crippen LogP contribution is -2.31. The Balaban J connectivity index is 2.91. The standard InChI is InChI=1S/C16H23NO4/c1-3-5-11-16(4-2,15(18)19)12-10-13-8-6-7-9-14(13)17(20)21/h6-9H,3-5,10-12H2,1-2H3,(H,18,19). The highest BCUT2D eigenvalue weighted by molar-refractivity contribution is 5.74. The lowest BCUT2D eigenvalue weighted by atomic mass is 9.75. The van der Waals surface area contributed by atoms with Crippen molar-refractivity contribution in [2.75, 3.05) is 0 Å². The molecule has 0 aliphatic rings. The fourth-order valence-electron chi connectivity index (χ4n) is 2.63. The van der Waals surface area contributed by atoms with E-state index in [1.54, 1.807) is 18.2 Å². The van der Waals surface area contributed by atoms with Crippen LogP contribution in [0.3, 0.4) is 0 Å². The Morgan fingerprint density at radius 2 is 1.95 bits per heavy atom. The summed E-state index contributed by atoms with van der Waals surface area (Å²) in [5.41, 5.74) is -0.0962. The maximum atomic E-state index is 11.7. The van der Waals surface area contributed by atoms with E-state index in [1.165, 1.54) is 6.07 Å². The maximum Gasteiger partial charge on any atom is 0.309 e. The number of unbranched alkanes of at least 4 members (excludes halogenated alkanes) is 1. The molecule has 1 N–H and O–H groups in total. The molecular formula is C16H23NO4. The maximum absolute atomic E-state index is 11.7. The third-order valence-corrected chi connectivity index (χ3v) is 4.20. The minimum absolute atomic E-state index is 0.0726. The largest absolute Gasteiger partial charge is 0.481 e. The van der Waals surface area contributed by atoms with Crippen LogP contribution < -0.4 is 0 Å². The van der Waals surface area contributed by atoms with Crippen LogP contribution in [0.5, 0.6) is 0 Å². The van der Waals surface area contributed by atoms with Crippen LogP contribution in [0.15, 0.2) is 24.3 Å². The van der Waals surface area contributed by atoms with E-state index in [0.29, 0.717) is 31.2 Å². The van der Waals surface area contributed by atoms with Crippen molar-refractivity contribution in [1.82, 2.24) is 0 Å². The second kappa shape index (κ2) is 7.76. The topological polar surface area (TPSA) is 80.4 Å². The number of carbonyl (C=O) groups is 1. The third kappa shape index (κ3) is 4.28. The molecule has 0 heterocycles. The van der Waals surface area contributed by atoms with Crippen LogP contribution in [-0.4, -0.2) is 16.0 Å². The van der Waals surface area contributed by atoms with Gasteiger partial charge in [-0.15, -0.1) is 0 Å². The lowest BCUT2D eigenvalue weighted by Gasteiger charge is -2.28. The minimum Gasteiger partial charge on any atom is -0.481 e. The average Bonchev–Trinajstić information content (AvgIpc) is 2.47. The van der Waals surface area contributed by atoms with Gasteiger partial charge in [0.15, 0.2) is 0 Å². The minimum atomic E-state index is -0.794. The number of hydrogen-bond acceptors (Lipinski definition) is 3. The fourth-order valence-corrected chi connectivity index (χ4v) is 2.63. The molecule has 1 atom stereocenters. The van der Waals surface area contributed by atoms with Gasteiger partial charge in [0.2, 0.25) is 0 Å². The van der Waals surface area contributed by atoms with E-state index in [2.05, 4.69) is 0 Å². The van der Waals surface area contributed by atoms with E-state index in [0.717, 1.165) is 12.8 Å². The highest BCUT2D eigenvalue weighted by Gasteiger charge is 2.36. The second-order valence-electron chi connectivity index (χ2n) is 5.43. The number of carboxylic acid groups (broad SMARTS) is 1. The van der Waals surface area contributed by atoms with Gasteiger partial charge in [-0.1, -0.05) is 44.9 Å². The number of benzene rings is 1. The van der Waals surface area contributed by atoms with Gasteiger partial charge in [0.05, 0.1) is 10.3 Å². The van der Waals surface area contributed by atoms with Crippen molar-refractivity contribution in [3.05, 3.63) is 39.9 Å². The molecule has 1 unspecified atom stereocenters. The van der Waals surface area contributed by atoms with Gasteiger partial charge in [0.25, 0.3) is 5.69 Å². The predicted octanol–water partition coefficient (Wildman–Crippen LogP) is 4.20. The van der Waals surface area contributed by atoms with Gasteiger partial charge in [-0.05, 0) is 25.7 Å². The van der Waals surface area contributed by atoms with Crippen LogP contribution in [-0.2, 0) is 11.2 Å². The number of para-hydroxylation sites is 1. The van der Waals surface area contributed by atoms with Crippen molar-refractivity contribution >= 4 is 11.7 Å². The molecule has 0 fully saturated rings. The van der Waals surface area contributed by atoms with Crippen LogP contribution in [0.25, 0.3) is 0 Å². The zero-order valence-corrected chi connectivity index (χ0v) is 12.7. The highest BCUT2D eigenvalue weighted by Crippen LogP contribution is 2.35. The van der Waals surface area contributed by atoms with Gasteiger partial charge in [-0.3, -0.25) is 14.9 Å². The molecule has 0 amide bonds. The number of aryl methyl sites for hydroxylation is 1. The van der Waals surface area contributed by atoms with Crippen molar-refractivity contribution < 1.29 is 14.8 Å². The van der Waals surface area contributed by atoms with Gasteiger partial charge >= 0.3 is 5.97 Å². The monoisotopic (exact) mass is 293 g/mol. The number of carboxylic acids is 1. The van der Waals surface area contributed by atoms with E-state index < -0.39 is 16.3 Å². The first-order valence-electron chi connectivity index (χ1n) is 7.42. The molecule has 0 aromatic heterocycles. The van der Waals surface area contributed by atoms with E-state index in [9.17, 15) is 20.0 Å². The van der Waals surface area contributed by atoms with Crippen molar-refractivity contribution in [2.24, 2.45) is 5.41 Å². The molecule has 5 heteroatoms. The zero-order chi connectivity index (χ0) is 15.9. The van der Waals surface area contributed by atoms with Crippen LogP contribution in [0, 0.1) is 15.5 Å². The number of rotatable bonds is 9. The molecule has 0 aliphatic carbocycles. The fraction of sp³-hybridized carbons (Fsp3) is 0.562. The number of hydrogen-bond donors (Lipinski definition) is 1. The Bertz CT molecular complexity index is 501. The van der Waals surface area contributed by atoms with Crippen LogP contribution >= 0.6 is 0 Å². The summed E-state index contributed by atoms with van der Waals surface area (Å²) in [6.45, 7) is 3.91. The molecular weight excluding hydrogens is 270 g/mol. The smallest absolute Gasteiger partial charge is 0.309 e. The molecule has 116 valence electrons. The number of nitro benzene ring substituents is 1. The van der Waals surface area contributed by atoms with Crippen LogP contribution in [0.2, 0.25) is 0 Å². The van der Waals surface area contributed by atoms with Crippen molar-refractivity contribution in [3.63, 3.8) is 0 Å². The lowest BCUT2D eigenvalue weighted by molar-refractivity contribution is -0.385. The van der Waals surface area contributed by atoms with E-state index >= 15 is 0 Å². The Kier molecular flexibility index (Phi) is 6.34. The molecule has 1 aromatic rings. The third-order valence-electron chi connectivity index (χ3n) is 4.20. The molecule has 1 aromatic carbocycles. The summed E-state index contributed by atoms with van der Waals surface area (Å²) < 4.78 is 0. The summed E-state index contributed by atoms with van der Waals surface area (Å²) in [5.74, 6) is -0.794. The van der Waals surface area contributed by atoms with Crippen LogP contribution in [0.4, 0.5) is 5.69 Å². The second-order valence-corrected chi connectivity index (χ2v) is 5.43. The molecule has 0 radical (unpaired) electrons. The normalized spacial score (nSPS) is 13.6. The van der Waals surface area contributed by atoms with E-state index in [4.69, 9.17) is 0 Å². The Morgan fingerprint density at radius 1 is 1.29 bits per heavy atom. The number of nitrogens with zero attached hydrogens (tertiary/aromatic N) is 1. The summed E-state index contributed by atoms with van der Waals surface area (Å²) in [4.78, 5) is 22.3. The summed E-state index contributed by atoms with van der Waals surface area (Å²) in [6.07, 6.45) is 3.82. The van der Waals surface area contributed by atoms with E-state index in [-0.39, 0.29) is 5.69 Å². The van der Waals surface area contributed by atoms with Crippen molar-refractivity contribution in [1.29, 1.82) is 0 Å². The number of nitro groups is 1. The highest BCUT2D eigenvalue weighted by atomic mass is 16.6. The number of aliphatic carboxylic acids is 1. The molecule has 1 rings (SSSR count). The van der Waals surface area contributed by atoms with Gasteiger partial charge in [0.1, 0.15) is 0 Å². The van der Waals surface area contributed by atoms with E-state index in [1.807, 2.05) is 13.8 Å². The van der Waals surface area contributed by atoms with Crippen LogP contribution in [0.1, 0.15) is 51.5 Å². The molecule has 0 aliphatic heterocycles. The summed E-state index contributed by atoms with van der Waals surface area (Å²) >= 11 is 0. The summed E-state index contributed by atoms with van der Waals surface area (Å²) in [5, 5.41) is 20.6. The first-order chi connectivity index (χ1) is 9.96. The SMILES string of the molecule is CCCCC(CC)(CCc1ccccc1[N+](=O)[O-])C(=O)O. The van der Waals surface area contributed by atoms with Crippen molar-refractivity contribution in [2.45, 2.75) is 52.4 Å². The Morgan fingerprint density at radius 3 is 2.48 bits per heavy atom. The Labute approximate surface area is 125 Å². The molecule has 0 spiro atoms. The van der Waals surface area contributed by atoms with Gasteiger partial charge < -0.3 is 5.11 Å². The Hall–Kier alpha value is -1.91. The molecule has 21 heavy (non-hydrogen) atoms. The van der Waals surface area contributed by atoms with Gasteiger partial charge in [-0.2, -0.15) is 0 Å². The molecule has 0 saturated carbocycles. The molecule has 0 bridgehead atoms. The molecule has 0 saturated heterocycles. The quantitative estimate of drug-likeness (QED) is 0.546. The zero-order valence-electron chi connectivity index (χ0n) is 12.7. The first kappa shape index (κ1) is 17.1. The average molecular weight is 293 g/mol. The summed E-state index contributed by atoms with van der Waals surface area (Å²) in [6, 6.07) is 6.56. The predicted molar refractivity (Wildman–Crippen MR) is 81.3 cm³/mol. The summed E-state index contributed by atoms with van der Waals surface area (Å²) in [7, 11) is 0.